The van der Waals surface area contributed by atoms with E-state index in [0.717, 1.165) is 50.7 Å². The molecule has 1 unspecified atom stereocenters. The lowest BCUT2D eigenvalue weighted by Crippen LogP contribution is -2.44. The molecule has 174 valence electrons. The summed E-state index contributed by atoms with van der Waals surface area (Å²) in [5.41, 5.74) is 1.35. The second kappa shape index (κ2) is 11.4. The fourth-order valence-corrected chi connectivity index (χ4v) is 4.14. The molecule has 0 saturated carbocycles. The van der Waals surface area contributed by atoms with Crippen molar-refractivity contribution in [2.45, 2.75) is 45.3 Å². The Kier molecular flexibility index (Phi) is 7.90. The molecule has 0 bridgehead atoms. The third-order valence-corrected chi connectivity index (χ3v) is 5.80. The maximum atomic E-state index is 14.1. The van der Waals surface area contributed by atoms with Crippen LogP contribution in [0.1, 0.15) is 31.2 Å². The van der Waals surface area contributed by atoms with Crippen molar-refractivity contribution in [2.24, 2.45) is 4.99 Å². The van der Waals surface area contributed by atoms with Crippen LogP contribution in [0, 0.1) is 5.82 Å². The summed E-state index contributed by atoms with van der Waals surface area (Å²) >= 11 is 0. The van der Waals surface area contributed by atoms with Gasteiger partial charge in [0.15, 0.2) is 17.6 Å². The highest BCUT2D eigenvalue weighted by Crippen LogP contribution is 2.20. The summed E-state index contributed by atoms with van der Waals surface area (Å²) in [6.45, 7) is 5.67. The molecule has 1 atom stereocenters. The largest absolute Gasteiger partial charge is 0.357 e. The summed E-state index contributed by atoms with van der Waals surface area (Å²) in [5.74, 6) is 1.84. The van der Waals surface area contributed by atoms with E-state index in [4.69, 9.17) is 4.99 Å². The standard InChI is InChI=1S/C25H32FN7/c1-2-27-25(31-21-12-16-33(19-21)24-22(26)11-6-13-29-24)30-18-23-28-14-17-32(23)15-7-10-20-8-4-3-5-9-20/h3-6,8-9,11,13-14,17,21H,2,7,10,12,15-16,18-19H2,1H3,(H2,27,30,31). The van der Waals surface area contributed by atoms with Gasteiger partial charge in [0.05, 0.1) is 0 Å². The van der Waals surface area contributed by atoms with Crippen molar-refractivity contribution in [3.63, 3.8) is 0 Å². The first-order valence-electron chi connectivity index (χ1n) is 11.7. The van der Waals surface area contributed by atoms with Crippen molar-refractivity contribution >= 4 is 11.8 Å². The fraction of sp³-hybridized carbons (Fsp3) is 0.400. The number of imidazole rings is 1. The Morgan fingerprint density at radius 3 is 2.85 bits per heavy atom. The van der Waals surface area contributed by atoms with Crippen molar-refractivity contribution < 1.29 is 4.39 Å². The molecule has 1 fully saturated rings. The predicted octanol–water partition coefficient (Wildman–Crippen LogP) is 3.38. The quantitative estimate of drug-likeness (QED) is 0.387. The predicted molar refractivity (Wildman–Crippen MR) is 130 cm³/mol. The molecular formula is C25H32FN7. The van der Waals surface area contributed by atoms with Crippen LogP contribution in [0.3, 0.4) is 0 Å². The number of aromatic nitrogens is 3. The Labute approximate surface area is 194 Å². The lowest BCUT2D eigenvalue weighted by Gasteiger charge is -2.20. The van der Waals surface area contributed by atoms with Crippen molar-refractivity contribution in [1.29, 1.82) is 0 Å². The van der Waals surface area contributed by atoms with Crippen LogP contribution >= 0.6 is 0 Å². The number of halogens is 1. The zero-order chi connectivity index (χ0) is 22.9. The topological polar surface area (TPSA) is 70.4 Å². The summed E-state index contributed by atoms with van der Waals surface area (Å²) in [4.78, 5) is 15.5. The highest BCUT2D eigenvalue weighted by Gasteiger charge is 2.26. The van der Waals surface area contributed by atoms with Crippen LogP contribution in [-0.4, -0.2) is 46.2 Å². The van der Waals surface area contributed by atoms with E-state index in [1.807, 2.05) is 30.3 Å². The third kappa shape index (κ3) is 6.31. The van der Waals surface area contributed by atoms with Gasteiger partial charge in [0.1, 0.15) is 12.4 Å². The molecule has 2 N–H and O–H groups in total. The van der Waals surface area contributed by atoms with Gasteiger partial charge in [-0.1, -0.05) is 30.3 Å². The van der Waals surface area contributed by atoms with Crippen LogP contribution in [-0.2, 0) is 19.5 Å². The summed E-state index contributed by atoms with van der Waals surface area (Å²) in [6, 6.07) is 13.8. The van der Waals surface area contributed by atoms with Gasteiger partial charge < -0.3 is 20.1 Å². The zero-order valence-electron chi connectivity index (χ0n) is 19.1. The minimum atomic E-state index is -0.280. The summed E-state index contributed by atoms with van der Waals surface area (Å²) in [5, 5.41) is 6.81. The fourth-order valence-electron chi connectivity index (χ4n) is 4.14. The first-order chi connectivity index (χ1) is 16.2. The molecule has 2 aromatic heterocycles. The van der Waals surface area contributed by atoms with E-state index in [0.29, 0.717) is 18.9 Å². The van der Waals surface area contributed by atoms with Crippen molar-refractivity contribution in [3.8, 4) is 0 Å². The van der Waals surface area contributed by atoms with Gasteiger partial charge in [-0.25, -0.2) is 19.4 Å². The number of pyridine rings is 1. The number of nitrogens with one attached hydrogen (secondary N) is 2. The molecule has 3 aromatic rings. The van der Waals surface area contributed by atoms with E-state index in [-0.39, 0.29) is 11.9 Å². The number of guanidine groups is 1. The van der Waals surface area contributed by atoms with E-state index in [2.05, 4.69) is 49.4 Å². The normalized spacial score (nSPS) is 16.2. The number of aliphatic imine (C=N–C) groups is 1. The average molecular weight is 450 g/mol. The lowest BCUT2D eigenvalue weighted by atomic mass is 10.1. The van der Waals surface area contributed by atoms with Gasteiger partial charge in [-0.2, -0.15) is 0 Å². The van der Waals surface area contributed by atoms with Crippen molar-refractivity contribution in [2.75, 3.05) is 24.5 Å². The van der Waals surface area contributed by atoms with Crippen LogP contribution in [0.5, 0.6) is 0 Å². The SMILES string of the molecule is CCNC(=NCc1nccn1CCCc1ccccc1)NC1CCN(c2ncccc2F)C1. The number of benzene rings is 1. The first-order valence-corrected chi connectivity index (χ1v) is 11.7. The molecule has 0 spiro atoms. The second-order valence-electron chi connectivity index (χ2n) is 8.21. The van der Waals surface area contributed by atoms with E-state index >= 15 is 0 Å². The van der Waals surface area contributed by atoms with Crippen LogP contribution in [0.15, 0.2) is 66.0 Å². The number of hydrogen-bond acceptors (Lipinski definition) is 4. The molecule has 1 aromatic carbocycles. The van der Waals surface area contributed by atoms with Gasteiger partial charge in [-0.3, -0.25) is 0 Å². The smallest absolute Gasteiger partial charge is 0.191 e. The van der Waals surface area contributed by atoms with Gasteiger partial charge in [-0.05, 0) is 43.9 Å². The molecule has 7 nitrogen and oxygen atoms in total. The lowest BCUT2D eigenvalue weighted by molar-refractivity contribution is 0.606. The molecule has 1 aliphatic heterocycles. The molecule has 8 heteroatoms. The molecule has 33 heavy (non-hydrogen) atoms. The van der Waals surface area contributed by atoms with Crippen LogP contribution < -0.4 is 15.5 Å². The Morgan fingerprint density at radius 1 is 1.15 bits per heavy atom. The highest BCUT2D eigenvalue weighted by atomic mass is 19.1. The van der Waals surface area contributed by atoms with Crippen molar-refractivity contribution in [3.05, 3.63) is 78.3 Å². The zero-order valence-corrected chi connectivity index (χ0v) is 19.1. The maximum absolute atomic E-state index is 14.1. The molecule has 0 amide bonds. The molecule has 4 rings (SSSR count). The van der Waals surface area contributed by atoms with Crippen LogP contribution in [0.2, 0.25) is 0 Å². The monoisotopic (exact) mass is 449 g/mol. The van der Waals surface area contributed by atoms with Crippen molar-refractivity contribution in [1.82, 2.24) is 25.2 Å². The van der Waals surface area contributed by atoms with Gasteiger partial charge >= 0.3 is 0 Å². The minimum Gasteiger partial charge on any atom is -0.357 e. The number of anilines is 1. The maximum Gasteiger partial charge on any atom is 0.191 e. The summed E-state index contributed by atoms with van der Waals surface area (Å²) in [7, 11) is 0. The van der Waals surface area contributed by atoms with E-state index in [1.165, 1.54) is 11.6 Å². The van der Waals surface area contributed by atoms with Crippen LogP contribution in [0.25, 0.3) is 0 Å². The van der Waals surface area contributed by atoms with E-state index in [1.54, 1.807) is 12.3 Å². The molecule has 1 aliphatic rings. The second-order valence-corrected chi connectivity index (χ2v) is 8.21. The number of rotatable bonds is 9. The molecule has 0 radical (unpaired) electrons. The molecule has 0 aliphatic carbocycles. The Hall–Kier alpha value is -3.42. The van der Waals surface area contributed by atoms with Gasteiger partial charge in [0.2, 0.25) is 0 Å². The van der Waals surface area contributed by atoms with Gasteiger partial charge in [0, 0.05) is 50.8 Å². The average Bonchev–Trinajstić information content (AvgIpc) is 3.48. The highest BCUT2D eigenvalue weighted by molar-refractivity contribution is 5.80. The van der Waals surface area contributed by atoms with E-state index < -0.39 is 0 Å². The Morgan fingerprint density at radius 2 is 2.03 bits per heavy atom. The first kappa shape index (κ1) is 22.8. The van der Waals surface area contributed by atoms with Crippen LogP contribution in [0.4, 0.5) is 10.2 Å². The molecular weight excluding hydrogens is 417 g/mol. The Balaban J connectivity index is 1.31. The number of nitrogens with zero attached hydrogens (tertiary/aromatic N) is 5. The third-order valence-electron chi connectivity index (χ3n) is 5.80. The Bertz CT molecular complexity index is 1030. The summed E-state index contributed by atoms with van der Waals surface area (Å²) < 4.78 is 16.3. The van der Waals surface area contributed by atoms with Gasteiger partial charge in [-0.15, -0.1) is 0 Å². The minimum absolute atomic E-state index is 0.176. The number of hydrogen-bond donors (Lipinski definition) is 2. The van der Waals surface area contributed by atoms with Gasteiger partial charge in [0.25, 0.3) is 0 Å². The van der Waals surface area contributed by atoms with E-state index in [9.17, 15) is 4.39 Å². The molecule has 1 saturated heterocycles. The summed E-state index contributed by atoms with van der Waals surface area (Å²) in [6.07, 6.45) is 8.48. The molecule has 3 heterocycles. The number of aryl methyl sites for hydroxylation is 2.